The highest BCUT2D eigenvalue weighted by atomic mass is 16.3. The van der Waals surface area contributed by atoms with Crippen LogP contribution in [0.15, 0.2) is 59.1 Å². The third-order valence-electron chi connectivity index (χ3n) is 4.32. The Hall–Kier alpha value is -2.61. The number of hydrogen-bond donors (Lipinski definition) is 0. The van der Waals surface area contributed by atoms with Crippen molar-refractivity contribution in [2.24, 2.45) is 7.05 Å². The number of furan rings is 1. The van der Waals surface area contributed by atoms with Crippen molar-refractivity contribution in [3.63, 3.8) is 0 Å². The van der Waals surface area contributed by atoms with Crippen LogP contribution in [0, 0.1) is 13.8 Å². The molecule has 0 bridgehead atoms. The van der Waals surface area contributed by atoms with E-state index in [0.717, 1.165) is 11.2 Å². The maximum Gasteiger partial charge on any atom is 0.216 e. The van der Waals surface area contributed by atoms with Gasteiger partial charge < -0.3 is 4.42 Å². The summed E-state index contributed by atoms with van der Waals surface area (Å²) in [4.78, 5) is 0. The molecule has 0 saturated heterocycles. The zero-order valence-electron chi connectivity index (χ0n) is 13.1. The second-order valence-electron chi connectivity index (χ2n) is 5.93. The molecule has 0 spiro atoms. The molecule has 4 rings (SSSR count). The van der Waals surface area contributed by atoms with Gasteiger partial charge in [0.2, 0.25) is 5.69 Å². The first-order valence-electron chi connectivity index (χ1n) is 7.52. The van der Waals surface area contributed by atoms with E-state index in [2.05, 4.69) is 74.1 Å². The molecule has 0 atom stereocenters. The molecule has 108 valence electrons. The van der Waals surface area contributed by atoms with E-state index in [-0.39, 0.29) is 0 Å². The summed E-state index contributed by atoms with van der Waals surface area (Å²) >= 11 is 0. The normalized spacial score (nSPS) is 11.4. The zero-order valence-corrected chi connectivity index (χ0v) is 13.1. The summed E-state index contributed by atoms with van der Waals surface area (Å²) in [5, 5.41) is 2.36. The van der Waals surface area contributed by atoms with E-state index in [1.807, 2.05) is 6.07 Å². The largest absolute Gasteiger partial charge is 0.455 e. The Bertz CT molecular complexity index is 1010. The molecular weight excluding hydrogens is 270 g/mol. The lowest BCUT2D eigenvalue weighted by molar-refractivity contribution is -0.660. The van der Waals surface area contributed by atoms with Gasteiger partial charge in [-0.25, -0.2) is 4.57 Å². The van der Waals surface area contributed by atoms with Crippen molar-refractivity contribution in [1.82, 2.24) is 0 Å². The lowest BCUT2D eigenvalue weighted by atomic mass is 10.0. The quantitative estimate of drug-likeness (QED) is 0.464. The van der Waals surface area contributed by atoms with Gasteiger partial charge in [0.1, 0.15) is 18.2 Å². The van der Waals surface area contributed by atoms with Crippen LogP contribution in [0.2, 0.25) is 0 Å². The van der Waals surface area contributed by atoms with E-state index >= 15 is 0 Å². The SMILES string of the molecule is Cc1ccc2c(c1)oc1c(-c3cccc[n+]3C)c(C)ccc12. The fourth-order valence-electron chi connectivity index (χ4n) is 3.15. The van der Waals surface area contributed by atoms with Crippen LogP contribution in [0.25, 0.3) is 33.2 Å². The summed E-state index contributed by atoms with van der Waals surface area (Å²) in [5.74, 6) is 0. The third-order valence-corrected chi connectivity index (χ3v) is 4.32. The maximum atomic E-state index is 6.24. The average Bonchev–Trinajstić information content (AvgIpc) is 2.85. The van der Waals surface area contributed by atoms with E-state index in [4.69, 9.17) is 4.42 Å². The standard InChI is InChI=1S/C20H18NO/c1-13-7-9-15-16-10-8-14(2)19(20(16)22-18(15)12-13)17-6-4-5-11-21(17)3/h4-12H,1-3H3/q+1. The molecule has 0 fully saturated rings. The van der Waals surface area contributed by atoms with Crippen LogP contribution in [-0.4, -0.2) is 0 Å². The topological polar surface area (TPSA) is 17.0 Å². The van der Waals surface area contributed by atoms with Crippen molar-refractivity contribution in [3.05, 3.63) is 65.9 Å². The van der Waals surface area contributed by atoms with Gasteiger partial charge in [-0.2, -0.15) is 0 Å². The molecule has 0 amide bonds. The number of hydrogen-bond acceptors (Lipinski definition) is 1. The Kier molecular flexibility index (Phi) is 2.80. The Morgan fingerprint density at radius 3 is 2.55 bits per heavy atom. The first-order valence-corrected chi connectivity index (χ1v) is 7.52. The predicted octanol–water partition coefficient (Wildman–Crippen LogP) is 4.69. The molecule has 0 aliphatic carbocycles. The van der Waals surface area contributed by atoms with Gasteiger partial charge in [-0.05, 0) is 37.1 Å². The maximum absolute atomic E-state index is 6.24. The molecule has 0 N–H and O–H groups in total. The number of benzene rings is 2. The van der Waals surface area contributed by atoms with Gasteiger partial charge in [0.05, 0.1) is 5.56 Å². The molecule has 0 aliphatic rings. The molecule has 0 aliphatic heterocycles. The van der Waals surface area contributed by atoms with Gasteiger partial charge in [0, 0.05) is 22.9 Å². The summed E-state index contributed by atoms with van der Waals surface area (Å²) in [6.07, 6.45) is 2.07. The van der Waals surface area contributed by atoms with Gasteiger partial charge in [-0.1, -0.05) is 24.3 Å². The summed E-state index contributed by atoms with van der Waals surface area (Å²) in [5.41, 5.74) is 6.72. The van der Waals surface area contributed by atoms with Gasteiger partial charge in [0.15, 0.2) is 6.20 Å². The Labute approximate surface area is 129 Å². The van der Waals surface area contributed by atoms with E-state index in [1.54, 1.807) is 0 Å². The number of aryl methyl sites for hydroxylation is 3. The van der Waals surface area contributed by atoms with Crippen molar-refractivity contribution < 1.29 is 8.98 Å². The molecule has 0 saturated carbocycles. The van der Waals surface area contributed by atoms with Crippen LogP contribution < -0.4 is 4.57 Å². The summed E-state index contributed by atoms with van der Waals surface area (Å²) in [6.45, 7) is 4.23. The van der Waals surface area contributed by atoms with Gasteiger partial charge >= 0.3 is 0 Å². The highest BCUT2D eigenvalue weighted by molar-refractivity contribution is 6.09. The lowest BCUT2D eigenvalue weighted by Gasteiger charge is -2.04. The molecular formula is C20H18NO+. The van der Waals surface area contributed by atoms with Gasteiger partial charge in [0.25, 0.3) is 0 Å². The lowest BCUT2D eigenvalue weighted by Crippen LogP contribution is -2.30. The minimum absolute atomic E-state index is 0.959. The second-order valence-corrected chi connectivity index (χ2v) is 5.93. The molecule has 2 heteroatoms. The molecule has 2 aromatic heterocycles. The Morgan fingerprint density at radius 2 is 1.73 bits per heavy atom. The van der Waals surface area contributed by atoms with Crippen LogP contribution in [0.5, 0.6) is 0 Å². The summed E-state index contributed by atoms with van der Waals surface area (Å²) in [7, 11) is 2.07. The first kappa shape index (κ1) is 13.1. The number of pyridine rings is 1. The van der Waals surface area contributed by atoms with E-state index in [9.17, 15) is 0 Å². The van der Waals surface area contributed by atoms with Crippen molar-refractivity contribution in [2.75, 3.05) is 0 Å². The minimum atomic E-state index is 0.959. The second kappa shape index (κ2) is 4.70. The zero-order chi connectivity index (χ0) is 15.3. The molecule has 4 aromatic rings. The van der Waals surface area contributed by atoms with Gasteiger partial charge in [-0.3, -0.25) is 0 Å². The van der Waals surface area contributed by atoms with Crippen molar-refractivity contribution in [2.45, 2.75) is 13.8 Å². The van der Waals surface area contributed by atoms with Crippen molar-refractivity contribution >= 4 is 21.9 Å². The summed E-state index contributed by atoms with van der Waals surface area (Å²) < 4.78 is 8.38. The molecule has 2 heterocycles. The molecule has 0 radical (unpaired) electrons. The fraction of sp³-hybridized carbons (Fsp3) is 0.150. The van der Waals surface area contributed by atoms with Crippen LogP contribution >= 0.6 is 0 Å². The van der Waals surface area contributed by atoms with Crippen molar-refractivity contribution in [1.29, 1.82) is 0 Å². The Balaban J connectivity index is 2.16. The number of rotatable bonds is 1. The first-order chi connectivity index (χ1) is 10.6. The Morgan fingerprint density at radius 1 is 0.909 bits per heavy atom. The van der Waals surface area contributed by atoms with E-state index in [1.165, 1.54) is 33.2 Å². The van der Waals surface area contributed by atoms with Crippen LogP contribution in [0.1, 0.15) is 11.1 Å². The number of nitrogens with zero attached hydrogens (tertiary/aromatic N) is 1. The van der Waals surface area contributed by atoms with E-state index < -0.39 is 0 Å². The fourth-order valence-corrected chi connectivity index (χ4v) is 3.15. The minimum Gasteiger partial charge on any atom is -0.455 e. The highest BCUT2D eigenvalue weighted by Gasteiger charge is 2.19. The summed E-state index contributed by atoms with van der Waals surface area (Å²) in [6, 6.07) is 17.0. The highest BCUT2D eigenvalue weighted by Crippen LogP contribution is 2.36. The van der Waals surface area contributed by atoms with Gasteiger partial charge in [-0.15, -0.1) is 0 Å². The van der Waals surface area contributed by atoms with Crippen LogP contribution in [0.3, 0.4) is 0 Å². The molecule has 0 unspecified atom stereocenters. The third kappa shape index (κ3) is 1.84. The van der Waals surface area contributed by atoms with Crippen molar-refractivity contribution in [3.8, 4) is 11.3 Å². The number of fused-ring (bicyclic) bond motifs is 3. The number of aromatic nitrogens is 1. The van der Waals surface area contributed by atoms with E-state index in [0.29, 0.717) is 0 Å². The molecule has 2 aromatic carbocycles. The predicted molar refractivity (Wildman–Crippen MR) is 89.8 cm³/mol. The van der Waals surface area contributed by atoms with Crippen LogP contribution in [0.4, 0.5) is 0 Å². The smallest absolute Gasteiger partial charge is 0.216 e. The molecule has 2 nitrogen and oxygen atoms in total. The molecule has 22 heavy (non-hydrogen) atoms. The monoisotopic (exact) mass is 288 g/mol. The van der Waals surface area contributed by atoms with Crippen LogP contribution in [-0.2, 0) is 7.05 Å². The average molecular weight is 288 g/mol.